The summed E-state index contributed by atoms with van der Waals surface area (Å²) in [5.74, 6) is -3.44. The standard InChI is InChI=1S/C18H33N5O6S/c1-9(2)14(20)17(27)22-11(5-6-13(19)24)16(26)21-10(3)15(25)23-12(18(28)29)7-8-30-4/h9-12,14H,5-8,20H2,1-4H3,(H2,19,24)(H,21,26)(H,22,27)(H,23,25)(H,28,29). The summed E-state index contributed by atoms with van der Waals surface area (Å²) < 4.78 is 0. The molecular weight excluding hydrogens is 414 g/mol. The van der Waals surface area contributed by atoms with Crippen molar-refractivity contribution in [1.82, 2.24) is 16.0 Å². The molecule has 0 rings (SSSR count). The Labute approximate surface area is 180 Å². The van der Waals surface area contributed by atoms with Crippen molar-refractivity contribution in [2.45, 2.75) is 64.2 Å². The van der Waals surface area contributed by atoms with Gasteiger partial charge in [0, 0.05) is 6.42 Å². The van der Waals surface area contributed by atoms with E-state index < -0.39 is 53.8 Å². The Morgan fingerprint density at radius 2 is 1.47 bits per heavy atom. The van der Waals surface area contributed by atoms with Crippen LogP contribution in [0.1, 0.15) is 40.0 Å². The van der Waals surface area contributed by atoms with Gasteiger partial charge >= 0.3 is 5.97 Å². The van der Waals surface area contributed by atoms with Crippen molar-refractivity contribution in [3.63, 3.8) is 0 Å². The minimum atomic E-state index is -1.18. The number of primary amides is 1. The summed E-state index contributed by atoms with van der Waals surface area (Å²) in [7, 11) is 0. The van der Waals surface area contributed by atoms with Crippen molar-refractivity contribution < 1.29 is 29.1 Å². The molecule has 0 aliphatic carbocycles. The molecule has 0 aromatic carbocycles. The fourth-order valence-corrected chi connectivity index (χ4v) is 2.77. The molecule has 11 nitrogen and oxygen atoms in total. The lowest BCUT2D eigenvalue weighted by atomic mass is 10.0. The SMILES string of the molecule is CSCCC(NC(=O)C(C)NC(=O)C(CCC(N)=O)NC(=O)C(N)C(C)C)C(=O)O. The number of rotatable bonds is 14. The van der Waals surface area contributed by atoms with Gasteiger partial charge in [-0.05, 0) is 37.7 Å². The molecule has 172 valence electrons. The van der Waals surface area contributed by atoms with Crippen LogP contribution in [-0.2, 0) is 24.0 Å². The van der Waals surface area contributed by atoms with E-state index in [4.69, 9.17) is 11.5 Å². The molecule has 30 heavy (non-hydrogen) atoms. The highest BCUT2D eigenvalue weighted by Crippen LogP contribution is 2.04. The van der Waals surface area contributed by atoms with Gasteiger partial charge in [-0.1, -0.05) is 13.8 Å². The van der Waals surface area contributed by atoms with Gasteiger partial charge < -0.3 is 32.5 Å². The van der Waals surface area contributed by atoms with Crippen molar-refractivity contribution in [3.8, 4) is 0 Å². The number of thioether (sulfide) groups is 1. The Kier molecular flexibility index (Phi) is 12.7. The van der Waals surface area contributed by atoms with Gasteiger partial charge in [-0.3, -0.25) is 19.2 Å². The third-order valence-corrected chi connectivity index (χ3v) is 4.95. The Morgan fingerprint density at radius 1 is 0.900 bits per heavy atom. The Bertz CT molecular complexity index is 630. The van der Waals surface area contributed by atoms with Gasteiger partial charge in [0.05, 0.1) is 6.04 Å². The lowest BCUT2D eigenvalue weighted by Crippen LogP contribution is -2.57. The minimum Gasteiger partial charge on any atom is -0.480 e. The number of hydrogen-bond donors (Lipinski definition) is 6. The molecule has 0 aliphatic rings. The highest BCUT2D eigenvalue weighted by atomic mass is 32.2. The van der Waals surface area contributed by atoms with Crippen LogP contribution in [0.4, 0.5) is 0 Å². The summed E-state index contributed by atoms with van der Waals surface area (Å²) in [5.41, 5.74) is 10.9. The van der Waals surface area contributed by atoms with E-state index in [0.29, 0.717) is 5.75 Å². The molecule has 0 aromatic heterocycles. The number of carbonyl (C=O) groups is 5. The summed E-state index contributed by atoms with van der Waals surface area (Å²) in [5, 5.41) is 16.5. The molecule has 0 aromatic rings. The number of amides is 4. The van der Waals surface area contributed by atoms with Crippen molar-refractivity contribution in [2.24, 2.45) is 17.4 Å². The molecule has 0 heterocycles. The normalized spacial score (nSPS) is 14.9. The van der Waals surface area contributed by atoms with Gasteiger partial charge in [-0.15, -0.1) is 0 Å². The van der Waals surface area contributed by atoms with Crippen LogP contribution in [0.25, 0.3) is 0 Å². The highest BCUT2D eigenvalue weighted by molar-refractivity contribution is 7.98. The van der Waals surface area contributed by atoms with E-state index in [0.717, 1.165) is 0 Å². The van der Waals surface area contributed by atoms with E-state index in [1.807, 2.05) is 6.26 Å². The highest BCUT2D eigenvalue weighted by Gasteiger charge is 2.29. The molecule has 4 atom stereocenters. The van der Waals surface area contributed by atoms with Crippen LogP contribution in [0, 0.1) is 5.92 Å². The molecule has 0 fully saturated rings. The van der Waals surface area contributed by atoms with Crippen LogP contribution in [0.2, 0.25) is 0 Å². The summed E-state index contributed by atoms with van der Waals surface area (Å²) in [6.07, 6.45) is 1.81. The first-order valence-electron chi connectivity index (χ1n) is 9.57. The maximum absolute atomic E-state index is 12.6. The number of carboxylic acids is 1. The fourth-order valence-electron chi connectivity index (χ4n) is 2.30. The largest absolute Gasteiger partial charge is 0.480 e. The zero-order valence-electron chi connectivity index (χ0n) is 17.8. The molecule has 0 radical (unpaired) electrons. The first kappa shape index (κ1) is 27.7. The van der Waals surface area contributed by atoms with Crippen LogP contribution < -0.4 is 27.4 Å². The van der Waals surface area contributed by atoms with Crippen LogP contribution in [0.3, 0.4) is 0 Å². The molecule has 0 saturated carbocycles. The van der Waals surface area contributed by atoms with E-state index in [1.165, 1.54) is 18.7 Å². The van der Waals surface area contributed by atoms with Gasteiger partial charge in [0.15, 0.2) is 0 Å². The minimum absolute atomic E-state index is 0.0719. The van der Waals surface area contributed by atoms with Crippen molar-refractivity contribution >= 4 is 41.4 Å². The second-order valence-corrected chi connectivity index (χ2v) is 8.23. The summed E-state index contributed by atoms with van der Waals surface area (Å²) in [6.45, 7) is 4.86. The van der Waals surface area contributed by atoms with Crippen molar-refractivity contribution in [1.29, 1.82) is 0 Å². The average molecular weight is 448 g/mol. The van der Waals surface area contributed by atoms with Crippen LogP contribution >= 0.6 is 11.8 Å². The predicted octanol–water partition coefficient (Wildman–Crippen LogP) is -1.45. The van der Waals surface area contributed by atoms with Gasteiger partial charge in [0.2, 0.25) is 23.6 Å². The van der Waals surface area contributed by atoms with Gasteiger partial charge in [-0.25, -0.2) is 4.79 Å². The molecule has 4 amide bonds. The maximum atomic E-state index is 12.6. The summed E-state index contributed by atoms with van der Waals surface area (Å²) in [6, 6.07) is -4.14. The molecule has 0 saturated heterocycles. The van der Waals surface area contributed by atoms with Gasteiger partial charge in [0.25, 0.3) is 0 Å². The van der Waals surface area contributed by atoms with E-state index >= 15 is 0 Å². The molecule has 8 N–H and O–H groups in total. The first-order chi connectivity index (χ1) is 13.9. The Morgan fingerprint density at radius 3 is 1.93 bits per heavy atom. The summed E-state index contributed by atoms with van der Waals surface area (Å²) in [4.78, 5) is 59.4. The smallest absolute Gasteiger partial charge is 0.326 e. The topological polar surface area (TPSA) is 194 Å². The first-order valence-corrected chi connectivity index (χ1v) is 11.0. The third-order valence-electron chi connectivity index (χ3n) is 4.31. The lowest BCUT2D eigenvalue weighted by Gasteiger charge is -2.24. The lowest BCUT2D eigenvalue weighted by molar-refractivity contribution is -0.142. The third kappa shape index (κ3) is 10.4. The number of carboxylic acid groups (broad SMARTS) is 1. The predicted molar refractivity (Wildman–Crippen MR) is 113 cm³/mol. The molecule has 0 spiro atoms. The zero-order chi connectivity index (χ0) is 23.4. The van der Waals surface area contributed by atoms with Crippen LogP contribution in [-0.4, -0.2) is 70.9 Å². The zero-order valence-corrected chi connectivity index (χ0v) is 18.6. The van der Waals surface area contributed by atoms with E-state index in [2.05, 4.69) is 16.0 Å². The van der Waals surface area contributed by atoms with E-state index in [-0.39, 0.29) is 25.2 Å². The number of hydrogen-bond acceptors (Lipinski definition) is 7. The Hall–Kier alpha value is -2.34. The number of carbonyl (C=O) groups excluding carboxylic acids is 4. The van der Waals surface area contributed by atoms with Gasteiger partial charge in [0.1, 0.15) is 18.1 Å². The second kappa shape index (κ2) is 13.8. The van der Waals surface area contributed by atoms with Crippen molar-refractivity contribution in [2.75, 3.05) is 12.0 Å². The van der Waals surface area contributed by atoms with Gasteiger partial charge in [-0.2, -0.15) is 11.8 Å². The number of nitrogens with one attached hydrogen (secondary N) is 3. The number of nitrogens with two attached hydrogens (primary N) is 2. The van der Waals surface area contributed by atoms with Crippen molar-refractivity contribution in [3.05, 3.63) is 0 Å². The molecular formula is C18H33N5O6S. The second-order valence-electron chi connectivity index (χ2n) is 7.25. The molecule has 4 unspecified atom stereocenters. The monoisotopic (exact) mass is 447 g/mol. The van der Waals surface area contributed by atoms with Crippen LogP contribution in [0.15, 0.2) is 0 Å². The quantitative estimate of drug-likeness (QED) is 0.186. The van der Waals surface area contributed by atoms with Crippen LogP contribution in [0.5, 0.6) is 0 Å². The molecule has 0 bridgehead atoms. The molecule has 0 aliphatic heterocycles. The maximum Gasteiger partial charge on any atom is 0.326 e. The Balaban J connectivity index is 5.08. The average Bonchev–Trinajstić information content (AvgIpc) is 2.66. The van der Waals surface area contributed by atoms with E-state index in [9.17, 15) is 29.1 Å². The van der Waals surface area contributed by atoms with E-state index in [1.54, 1.807) is 13.8 Å². The number of aliphatic carboxylic acids is 1. The fraction of sp³-hybridized carbons (Fsp3) is 0.722. The molecule has 12 heteroatoms. The summed E-state index contributed by atoms with van der Waals surface area (Å²) >= 11 is 1.44.